The molecule has 1 aliphatic carbocycles. The number of imidazole rings is 1. The predicted molar refractivity (Wildman–Crippen MR) is 134 cm³/mol. The van der Waals surface area contributed by atoms with Crippen molar-refractivity contribution < 1.29 is 9.53 Å². The highest BCUT2D eigenvalue weighted by Gasteiger charge is 2.28. The average Bonchev–Trinajstić information content (AvgIpc) is 3.00. The molecule has 1 aliphatic rings. The van der Waals surface area contributed by atoms with E-state index in [4.69, 9.17) is 9.72 Å². The second kappa shape index (κ2) is 10.7. The van der Waals surface area contributed by atoms with Crippen LogP contribution in [-0.4, -0.2) is 30.6 Å². The zero-order valence-electron chi connectivity index (χ0n) is 18.0. The number of halogens is 2. The van der Waals surface area contributed by atoms with Crippen LogP contribution in [0.25, 0.3) is 11.3 Å². The minimum Gasteiger partial charge on any atom is -0.444 e. The number of aromatic nitrogens is 2. The maximum absolute atomic E-state index is 12.7. The summed E-state index contributed by atoms with van der Waals surface area (Å²) in [4.78, 5) is 22.9. The molecule has 30 heavy (non-hydrogen) atoms. The number of carbonyl (C=O) groups is 1. The van der Waals surface area contributed by atoms with Gasteiger partial charge in [-0.1, -0.05) is 51.5 Å². The molecule has 1 aromatic heterocycles. The summed E-state index contributed by atoms with van der Waals surface area (Å²) in [7, 11) is 0. The van der Waals surface area contributed by atoms with E-state index in [1.54, 1.807) is 4.90 Å². The van der Waals surface area contributed by atoms with Gasteiger partial charge in [0, 0.05) is 15.7 Å². The Morgan fingerprint density at radius 1 is 1.37 bits per heavy atom. The van der Waals surface area contributed by atoms with E-state index in [9.17, 15) is 4.79 Å². The first-order valence-corrected chi connectivity index (χ1v) is 12.1. The molecule has 3 rings (SSSR count). The van der Waals surface area contributed by atoms with E-state index < -0.39 is 5.60 Å². The number of fused-ring (bicyclic) bond motifs is 3. The summed E-state index contributed by atoms with van der Waals surface area (Å²) in [6.07, 6.45) is 11.6. The van der Waals surface area contributed by atoms with E-state index in [0.29, 0.717) is 6.54 Å². The molecule has 1 amide bonds. The Hall–Kier alpha value is -1.53. The van der Waals surface area contributed by atoms with E-state index in [0.717, 1.165) is 47.4 Å². The van der Waals surface area contributed by atoms with Crippen molar-refractivity contribution in [2.75, 3.05) is 0 Å². The molecular weight excluding hydrogens is 557 g/mol. The molecular formula is C23H29BrIN3O2. The topological polar surface area (TPSA) is 58.2 Å². The summed E-state index contributed by atoms with van der Waals surface area (Å²) in [5.41, 5.74) is 4.15. The highest BCUT2D eigenvalue weighted by Crippen LogP contribution is 2.33. The molecule has 7 heteroatoms. The summed E-state index contributed by atoms with van der Waals surface area (Å²) in [5.74, 6) is 0.807. The van der Waals surface area contributed by atoms with Gasteiger partial charge in [-0.2, -0.15) is 0 Å². The number of hydrogen-bond acceptors (Lipinski definition) is 3. The number of amides is 1. The van der Waals surface area contributed by atoms with Gasteiger partial charge in [-0.15, -0.1) is 12.8 Å². The molecule has 0 saturated heterocycles. The molecule has 2 aromatic rings. The van der Waals surface area contributed by atoms with Gasteiger partial charge in [-0.3, -0.25) is 4.90 Å². The Bertz CT molecular complexity index is 902. The molecule has 0 aliphatic heterocycles. The molecule has 1 N–H and O–H groups in total. The van der Waals surface area contributed by atoms with Gasteiger partial charge < -0.3 is 9.72 Å². The lowest BCUT2D eigenvalue weighted by atomic mass is 10.0. The number of benzene rings is 1. The van der Waals surface area contributed by atoms with E-state index in [1.807, 2.05) is 20.8 Å². The Labute approximate surface area is 201 Å². The molecule has 0 radical (unpaired) electrons. The predicted octanol–water partition coefficient (Wildman–Crippen LogP) is 6.49. The van der Waals surface area contributed by atoms with Crippen molar-refractivity contribution in [1.82, 2.24) is 14.9 Å². The highest BCUT2D eigenvalue weighted by atomic mass is 127. The van der Waals surface area contributed by atoms with Gasteiger partial charge >= 0.3 is 6.09 Å². The van der Waals surface area contributed by atoms with Crippen molar-refractivity contribution in [3.8, 4) is 24.1 Å². The number of rotatable bonds is 4. The fourth-order valence-electron chi connectivity index (χ4n) is 3.38. The highest BCUT2D eigenvalue weighted by molar-refractivity contribution is 14.1. The third kappa shape index (κ3) is 6.24. The molecule has 1 aromatic carbocycles. The van der Waals surface area contributed by atoms with Crippen LogP contribution in [0.1, 0.15) is 57.6 Å². The fraction of sp³-hybridized carbons (Fsp3) is 0.478. The first-order chi connectivity index (χ1) is 14.2. The van der Waals surface area contributed by atoms with Crippen LogP contribution in [0.4, 0.5) is 4.79 Å². The van der Waals surface area contributed by atoms with E-state index in [-0.39, 0.29) is 10.1 Å². The number of nitrogens with zero attached hydrogens (tertiary/aromatic N) is 2. The smallest absolute Gasteiger partial charge is 0.411 e. The van der Waals surface area contributed by atoms with Gasteiger partial charge in [0.15, 0.2) is 0 Å². The number of ether oxygens (including phenoxy) is 1. The van der Waals surface area contributed by atoms with Gasteiger partial charge in [0.05, 0.1) is 16.3 Å². The summed E-state index contributed by atoms with van der Waals surface area (Å²) in [6, 6.07) is 6.38. The van der Waals surface area contributed by atoms with Crippen molar-refractivity contribution in [3.05, 3.63) is 39.8 Å². The van der Waals surface area contributed by atoms with Gasteiger partial charge in [-0.25, -0.2) is 9.78 Å². The second-order valence-electron chi connectivity index (χ2n) is 8.12. The summed E-state index contributed by atoms with van der Waals surface area (Å²) in [5, 5.41) is 0. The molecule has 1 unspecified atom stereocenters. The first-order valence-electron chi connectivity index (χ1n) is 10.0. The number of aromatic amines is 1. The lowest BCUT2D eigenvalue weighted by Crippen LogP contribution is -2.40. The van der Waals surface area contributed by atoms with Crippen molar-refractivity contribution >= 4 is 44.6 Å². The standard InChI is InChI=1S/C21H27BrIN3O2.C2H2/c1-5-17(23)26(20(27)28-21(2,3)4)12-18-24-16-8-6-7-13-11-14(22)9-10-15(13)19(16)25-18;1-2/h9-11,17H,5-8,12H2,1-4H3,(H,24,25);1-2H. The van der Waals surface area contributed by atoms with Gasteiger partial charge in [-0.05, 0) is 64.2 Å². The maximum Gasteiger partial charge on any atom is 0.411 e. The van der Waals surface area contributed by atoms with Crippen molar-refractivity contribution in [2.45, 2.75) is 69.6 Å². The number of H-pyrrole nitrogens is 1. The monoisotopic (exact) mass is 585 g/mol. The number of nitrogens with one attached hydrogen (secondary N) is 1. The number of hydrogen-bond donors (Lipinski definition) is 1. The minimum absolute atomic E-state index is 0.0422. The maximum atomic E-state index is 12.7. The van der Waals surface area contributed by atoms with Crippen LogP contribution in [0.2, 0.25) is 0 Å². The second-order valence-corrected chi connectivity index (χ2v) is 10.5. The van der Waals surface area contributed by atoms with Crippen LogP contribution < -0.4 is 0 Å². The Morgan fingerprint density at radius 3 is 2.70 bits per heavy atom. The van der Waals surface area contributed by atoms with Gasteiger partial charge in [0.1, 0.15) is 11.4 Å². The number of carbonyl (C=O) groups excluding carboxylic acids is 1. The Balaban J connectivity index is 0.00000155. The lowest BCUT2D eigenvalue weighted by molar-refractivity contribution is 0.0215. The van der Waals surface area contributed by atoms with Crippen molar-refractivity contribution in [3.63, 3.8) is 0 Å². The molecule has 0 saturated carbocycles. The molecule has 0 spiro atoms. The quantitative estimate of drug-likeness (QED) is 0.193. The number of alkyl halides is 1. The van der Waals surface area contributed by atoms with Crippen molar-refractivity contribution in [1.29, 1.82) is 0 Å². The SMILES string of the molecule is C#C.CCC(I)N(Cc1nc2c([nH]1)CCCc1cc(Br)ccc1-2)C(=O)OC(C)(C)C. The van der Waals surface area contributed by atoms with E-state index in [1.165, 1.54) is 11.1 Å². The van der Waals surface area contributed by atoms with Crippen LogP contribution in [0.15, 0.2) is 22.7 Å². The van der Waals surface area contributed by atoms with Crippen LogP contribution in [0.5, 0.6) is 0 Å². The summed E-state index contributed by atoms with van der Waals surface area (Å²) < 4.78 is 6.76. The number of aryl methyl sites for hydroxylation is 2. The molecule has 0 fully saturated rings. The molecule has 0 bridgehead atoms. The van der Waals surface area contributed by atoms with Gasteiger partial charge in [0.2, 0.25) is 0 Å². The normalized spacial score (nSPS) is 13.7. The van der Waals surface area contributed by atoms with Crippen LogP contribution in [0, 0.1) is 12.8 Å². The molecule has 1 atom stereocenters. The van der Waals surface area contributed by atoms with Gasteiger partial charge in [0.25, 0.3) is 0 Å². The summed E-state index contributed by atoms with van der Waals surface area (Å²) in [6.45, 7) is 8.15. The fourth-order valence-corrected chi connectivity index (χ4v) is 4.21. The first kappa shape index (κ1) is 24.7. The Kier molecular flexibility index (Phi) is 8.80. The number of terminal acetylenes is 1. The lowest BCUT2D eigenvalue weighted by Gasteiger charge is -2.29. The zero-order valence-corrected chi connectivity index (χ0v) is 21.7. The van der Waals surface area contributed by atoms with E-state index in [2.05, 4.69) is 81.5 Å². The molecule has 162 valence electrons. The minimum atomic E-state index is -0.522. The third-order valence-electron chi connectivity index (χ3n) is 4.65. The average molecular weight is 586 g/mol. The molecule has 1 heterocycles. The largest absolute Gasteiger partial charge is 0.444 e. The Morgan fingerprint density at radius 2 is 2.07 bits per heavy atom. The van der Waals surface area contributed by atoms with E-state index >= 15 is 0 Å². The van der Waals surface area contributed by atoms with Crippen LogP contribution >= 0.6 is 38.5 Å². The zero-order chi connectivity index (χ0) is 22.5. The summed E-state index contributed by atoms with van der Waals surface area (Å²) >= 11 is 5.87. The van der Waals surface area contributed by atoms with Crippen LogP contribution in [-0.2, 0) is 24.1 Å². The molecule has 5 nitrogen and oxygen atoms in total. The third-order valence-corrected chi connectivity index (χ3v) is 6.69. The van der Waals surface area contributed by atoms with Crippen LogP contribution in [0.3, 0.4) is 0 Å². The van der Waals surface area contributed by atoms with Crippen molar-refractivity contribution in [2.24, 2.45) is 0 Å².